The average molecular weight is 349 g/mol. The highest BCUT2D eigenvalue weighted by atomic mass is 32.1. The Morgan fingerprint density at radius 3 is 2.60 bits per heavy atom. The largest absolute Gasteiger partial charge is 0.497 e. The van der Waals surface area contributed by atoms with Gasteiger partial charge < -0.3 is 10.1 Å². The first kappa shape index (κ1) is 15.4. The first-order chi connectivity index (χ1) is 12.2. The number of anilines is 1. The van der Waals surface area contributed by atoms with Crippen molar-refractivity contribution in [2.24, 2.45) is 0 Å². The number of nitrogens with zero attached hydrogens (tertiary/aromatic N) is 2. The monoisotopic (exact) mass is 349 g/mol. The Balaban J connectivity index is 1.64. The maximum atomic E-state index is 12.5. The van der Waals surface area contributed by atoms with E-state index < -0.39 is 0 Å². The lowest BCUT2D eigenvalue weighted by atomic mass is 10.2. The summed E-state index contributed by atoms with van der Waals surface area (Å²) in [6.07, 6.45) is 1.88. The number of carbonyl (C=O) groups is 1. The average Bonchev–Trinajstić information content (AvgIpc) is 3.23. The third kappa shape index (κ3) is 2.99. The van der Waals surface area contributed by atoms with E-state index in [9.17, 15) is 4.79 Å². The Morgan fingerprint density at radius 2 is 1.88 bits per heavy atom. The first-order valence-electron chi connectivity index (χ1n) is 7.72. The van der Waals surface area contributed by atoms with Crippen molar-refractivity contribution in [3.8, 4) is 17.0 Å². The molecule has 0 fully saturated rings. The third-order valence-electron chi connectivity index (χ3n) is 3.86. The van der Waals surface area contributed by atoms with E-state index in [2.05, 4.69) is 10.3 Å². The van der Waals surface area contributed by atoms with E-state index in [1.165, 1.54) is 11.3 Å². The predicted molar refractivity (Wildman–Crippen MR) is 99.5 cm³/mol. The van der Waals surface area contributed by atoms with Gasteiger partial charge in [-0.05, 0) is 36.4 Å². The number of methoxy groups -OCH3 is 1. The summed E-state index contributed by atoms with van der Waals surface area (Å²) in [6, 6.07) is 17.1. The van der Waals surface area contributed by atoms with Crippen molar-refractivity contribution in [3.63, 3.8) is 0 Å². The molecule has 0 unspecified atom stereocenters. The summed E-state index contributed by atoms with van der Waals surface area (Å²) in [5.41, 5.74) is 3.13. The number of para-hydroxylation sites is 1. The molecule has 2 heterocycles. The van der Waals surface area contributed by atoms with Crippen LogP contribution in [0.15, 0.2) is 66.2 Å². The molecule has 0 atom stereocenters. The zero-order valence-corrected chi connectivity index (χ0v) is 14.3. The Kier molecular flexibility index (Phi) is 3.95. The molecule has 4 rings (SSSR count). The van der Waals surface area contributed by atoms with E-state index in [0.717, 1.165) is 27.7 Å². The van der Waals surface area contributed by atoms with Gasteiger partial charge in [-0.3, -0.25) is 9.20 Å². The van der Waals surface area contributed by atoms with Crippen molar-refractivity contribution in [2.45, 2.75) is 0 Å². The minimum atomic E-state index is -0.156. The van der Waals surface area contributed by atoms with E-state index in [1.54, 1.807) is 7.11 Å². The zero-order valence-electron chi connectivity index (χ0n) is 13.5. The number of nitrogens with one attached hydrogen (secondary N) is 1. The molecular formula is C19H15N3O2S. The quantitative estimate of drug-likeness (QED) is 0.597. The fraction of sp³-hybridized carbons (Fsp3) is 0.0526. The maximum absolute atomic E-state index is 12.5. The number of amides is 1. The van der Waals surface area contributed by atoms with Crippen molar-refractivity contribution >= 4 is 27.9 Å². The number of aromatic nitrogens is 2. The van der Waals surface area contributed by atoms with Gasteiger partial charge in [-0.1, -0.05) is 18.2 Å². The Bertz CT molecular complexity index is 1020. The molecule has 0 radical (unpaired) electrons. The van der Waals surface area contributed by atoms with Gasteiger partial charge in [-0.15, -0.1) is 11.3 Å². The molecule has 0 aliphatic carbocycles. The van der Waals surface area contributed by atoms with Crippen LogP contribution in [-0.4, -0.2) is 22.4 Å². The summed E-state index contributed by atoms with van der Waals surface area (Å²) < 4.78 is 7.00. The molecule has 1 amide bonds. The summed E-state index contributed by atoms with van der Waals surface area (Å²) in [5.74, 6) is 0.642. The Labute approximate surface area is 148 Å². The van der Waals surface area contributed by atoms with Gasteiger partial charge in [0.2, 0.25) is 0 Å². The van der Waals surface area contributed by atoms with Crippen LogP contribution < -0.4 is 10.1 Å². The van der Waals surface area contributed by atoms with Crippen LogP contribution in [0.1, 0.15) is 10.5 Å². The van der Waals surface area contributed by atoms with Gasteiger partial charge in [0.25, 0.3) is 5.91 Å². The number of imidazole rings is 1. The highest BCUT2D eigenvalue weighted by Crippen LogP contribution is 2.25. The molecule has 2 aromatic heterocycles. The lowest BCUT2D eigenvalue weighted by Gasteiger charge is -2.03. The number of thiazole rings is 1. The number of carbonyl (C=O) groups excluding carboxylic acids is 1. The van der Waals surface area contributed by atoms with E-state index in [0.29, 0.717) is 5.69 Å². The molecule has 124 valence electrons. The lowest BCUT2D eigenvalue weighted by Crippen LogP contribution is -2.13. The smallest absolute Gasteiger partial charge is 0.273 e. The molecule has 25 heavy (non-hydrogen) atoms. The van der Waals surface area contributed by atoms with Crippen molar-refractivity contribution in [2.75, 3.05) is 12.4 Å². The summed E-state index contributed by atoms with van der Waals surface area (Å²) >= 11 is 1.44. The third-order valence-corrected chi connectivity index (χ3v) is 4.70. The van der Waals surface area contributed by atoms with Gasteiger partial charge in [0.1, 0.15) is 11.4 Å². The van der Waals surface area contributed by atoms with Crippen molar-refractivity contribution < 1.29 is 9.53 Å². The van der Waals surface area contributed by atoms with Gasteiger partial charge in [-0.25, -0.2) is 4.98 Å². The Hall–Kier alpha value is -3.12. The van der Waals surface area contributed by atoms with Crippen molar-refractivity contribution in [1.82, 2.24) is 9.38 Å². The van der Waals surface area contributed by atoms with Crippen molar-refractivity contribution in [1.29, 1.82) is 0 Å². The van der Waals surface area contributed by atoms with E-state index >= 15 is 0 Å². The molecular weight excluding hydrogens is 334 g/mol. The van der Waals surface area contributed by atoms with Gasteiger partial charge >= 0.3 is 0 Å². The summed E-state index contributed by atoms with van der Waals surface area (Å²) in [6.45, 7) is 0. The number of fused-ring (bicyclic) bond motifs is 1. The van der Waals surface area contributed by atoms with Crippen LogP contribution in [0.2, 0.25) is 0 Å². The highest BCUT2D eigenvalue weighted by molar-refractivity contribution is 7.15. The molecule has 4 aromatic rings. The molecule has 2 aromatic carbocycles. The lowest BCUT2D eigenvalue weighted by molar-refractivity contribution is 0.102. The molecule has 6 heteroatoms. The minimum Gasteiger partial charge on any atom is -0.497 e. The van der Waals surface area contributed by atoms with Gasteiger partial charge in [0, 0.05) is 22.8 Å². The second-order valence-electron chi connectivity index (χ2n) is 5.45. The van der Waals surface area contributed by atoms with Crippen LogP contribution in [0, 0.1) is 0 Å². The van der Waals surface area contributed by atoms with Crippen LogP contribution in [0.25, 0.3) is 16.2 Å². The zero-order chi connectivity index (χ0) is 17.2. The van der Waals surface area contributed by atoms with E-state index in [1.807, 2.05) is 70.6 Å². The standard InChI is InChI=1S/C19H15N3O2S/c1-24-15-9-7-13(8-10-15)16-11-22-17(12-25-19(22)21-16)18(23)20-14-5-3-2-4-6-14/h2-12H,1H3,(H,20,23). The van der Waals surface area contributed by atoms with Crippen LogP contribution in [0.3, 0.4) is 0 Å². The fourth-order valence-electron chi connectivity index (χ4n) is 2.56. The van der Waals surface area contributed by atoms with Gasteiger partial charge in [0.15, 0.2) is 4.96 Å². The number of rotatable bonds is 4. The SMILES string of the molecule is COc1ccc(-c2cn3c(C(=O)Nc4ccccc4)csc3n2)cc1. The van der Waals surface area contributed by atoms with Gasteiger partial charge in [0.05, 0.1) is 12.8 Å². The number of hydrogen-bond acceptors (Lipinski definition) is 4. The molecule has 0 saturated carbocycles. The molecule has 0 bridgehead atoms. The predicted octanol–water partition coefficient (Wildman–Crippen LogP) is 4.32. The van der Waals surface area contributed by atoms with Crippen molar-refractivity contribution in [3.05, 3.63) is 71.9 Å². The van der Waals surface area contributed by atoms with Crippen LogP contribution in [0.5, 0.6) is 5.75 Å². The van der Waals surface area contributed by atoms with E-state index in [4.69, 9.17) is 4.74 Å². The summed E-state index contributed by atoms with van der Waals surface area (Å²) in [4.78, 5) is 17.9. The summed E-state index contributed by atoms with van der Waals surface area (Å²) in [5, 5.41) is 4.72. The van der Waals surface area contributed by atoms with Crippen LogP contribution >= 0.6 is 11.3 Å². The van der Waals surface area contributed by atoms with E-state index in [-0.39, 0.29) is 5.91 Å². The summed E-state index contributed by atoms with van der Waals surface area (Å²) in [7, 11) is 1.64. The molecule has 5 nitrogen and oxygen atoms in total. The molecule has 0 saturated heterocycles. The topological polar surface area (TPSA) is 55.6 Å². The van der Waals surface area contributed by atoms with Gasteiger partial charge in [-0.2, -0.15) is 0 Å². The van der Waals surface area contributed by atoms with Crippen LogP contribution in [0.4, 0.5) is 5.69 Å². The fourth-order valence-corrected chi connectivity index (χ4v) is 3.42. The molecule has 1 N–H and O–H groups in total. The second-order valence-corrected chi connectivity index (χ2v) is 6.28. The number of ether oxygens (including phenoxy) is 1. The Morgan fingerprint density at radius 1 is 1.12 bits per heavy atom. The highest BCUT2D eigenvalue weighted by Gasteiger charge is 2.15. The molecule has 0 spiro atoms. The second kappa shape index (κ2) is 6.41. The normalized spacial score (nSPS) is 10.8. The molecule has 0 aliphatic heterocycles. The minimum absolute atomic E-state index is 0.156. The maximum Gasteiger partial charge on any atom is 0.273 e. The number of benzene rings is 2. The molecule has 0 aliphatic rings. The van der Waals surface area contributed by atoms with Crippen LogP contribution in [-0.2, 0) is 0 Å². The number of hydrogen-bond donors (Lipinski definition) is 1. The first-order valence-corrected chi connectivity index (χ1v) is 8.60.